The molecule has 0 radical (unpaired) electrons. The van der Waals surface area contributed by atoms with Gasteiger partial charge in [0.15, 0.2) is 0 Å². The molecule has 0 saturated carbocycles. The highest BCUT2D eigenvalue weighted by atomic mass is 16.2. The van der Waals surface area contributed by atoms with Gasteiger partial charge >= 0.3 is 0 Å². The second-order valence-electron chi connectivity index (χ2n) is 6.68. The Labute approximate surface area is 163 Å². The predicted octanol–water partition coefficient (Wildman–Crippen LogP) is 3.19. The highest BCUT2D eigenvalue weighted by Gasteiger charge is 2.21. The lowest BCUT2D eigenvalue weighted by atomic mass is 10.0. The lowest BCUT2D eigenvalue weighted by molar-refractivity contribution is -0.134. The zero-order chi connectivity index (χ0) is 20.3. The first kappa shape index (κ1) is 19.3. The Bertz CT molecular complexity index is 1110. The summed E-state index contributed by atoms with van der Waals surface area (Å²) >= 11 is 0. The van der Waals surface area contributed by atoms with Crippen molar-refractivity contribution in [3.8, 4) is 6.07 Å². The summed E-state index contributed by atoms with van der Waals surface area (Å²) in [5, 5.41) is 14.6. The summed E-state index contributed by atoms with van der Waals surface area (Å²) in [6, 6.07) is 16.4. The van der Waals surface area contributed by atoms with Crippen molar-refractivity contribution in [1.82, 2.24) is 14.7 Å². The first-order chi connectivity index (χ1) is 13.5. The average Bonchev–Trinajstić information content (AvgIpc) is 2.72. The maximum Gasteiger partial charge on any atom is 0.275 e. The normalized spacial score (nSPS) is 11.8. The monoisotopic (exact) mass is 374 g/mol. The molecule has 0 saturated heterocycles. The van der Waals surface area contributed by atoms with E-state index in [2.05, 4.69) is 11.2 Å². The van der Waals surface area contributed by atoms with Gasteiger partial charge in [-0.1, -0.05) is 30.3 Å². The molecule has 0 aliphatic heterocycles. The third kappa shape index (κ3) is 3.65. The van der Waals surface area contributed by atoms with E-state index in [0.29, 0.717) is 23.2 Å². The van der Waals surface area contributed by atoms with Crippen molar-refractivity contribution in [2.45, 2.75) is 33.4 Å². The van der Waals surface area contributed by atoms with Crippen molar-refractivity contribution >= 4 is 16.7 Å². The van der Waals surface area contributed by atoms with Crippen LogP contribution in [0.1, 0.15) is 36.7 Å². The summed E-state index contributed by atoms with van der Waals surface area (Å²) in [4.78, 5) is 27.4. The number of amides is 1. The molecule has 142 valence electrons. The number of nitriles is 1. The fraction of sp³-hybridized carbons (Fsp3) is 0.273. The molecule has 0 fully saturated rings. The summed E-state index contributed by atoms with van der Waals surface area (Å²) in [5.41, 5.74) is 1.96. The van der Waals surface area contributed by atoms with Crippen molar-refractivity contribution in [2.75, 3.05) is 6.54 Å². The van der Waals surface area contributed by atoms with Crippen LogP contribution in [0.5, 0.6) is 0 Å². The Hall–Kier alpha value is -3.46. The molecule has 28 heavy (non-hydrogen) atoms. The van der Waals surface area contributed by atoms with Gasteiger partial charge in [-0.2, -0.15) is 10.4 Å². The number of nitrogens with zero attached hydrogens (tertiary/aromatic N) is 4. The fourth-order valence-corrected chi connectivity index (χ4v) is 3.41. The predicted molar refractivity (Wildman–Crippen MR) is 108 cm³/mol. The second kappa shape index (κ2) is 8.05. The van der Waals surface area contributed by atoms with E-state index in [1.165, 1.54) is 4.68 Å². The van der Waals surface area contributed by atoms with E-state index < -0.39 is 0 Å². The summed E-state index contributed by atoms with van der Waals surface area (Å²) < 4.78 is 1.24. The van der Waals surface area contributed by atoms with Crippen LogP contribution in [-0.4, -0.2) is 27.1 Å². The molecule has 1 heterocycles. The smallest absolute Gasteiger partial charge is 0.275 e. The van der Waals surface area contributed by atoms with Crippen molar-refractivity contribution in [1.29, 1.82) is 5.26 Å². The topological polar surface area (TPSA) is 79.0 Å². The van der Waals surface area contributed by atoms with Crippen LogP contribution in [0.25, 0.3) is 10.8 Å². The third-order valence-electron chi connectivity index (χ3n) is 4.99. The van der Waals surface area contributed by atoms with Gasteiger partial charge < -0.3 is 4.90 Å². The van der Waals surface area contributed by atoms with E-state index in [9.17, 15) is 9.59 Å². The summed E-state index contributed by atoms with van der Waals surface area (Å²) in [6.45, 7) is 6.06. The average molecular weight is 374 g/mol. The van der Waals surface area contributed by atoms with E-state index in [1.54, 1.807) is 29.2 Å². The van der Waals surface area contributed by atoms with Gasteiger partial charge in [-0.15, -0.1) is 0 Å². The van der Waals surface area contributed by atoms with E-state index >= 15 is 0 Å². The number of likely N-dealkylation sites (N-methyl/N-ethyl adjacent to an activating group) is 1. The Morgan fingerprint density at radius 1 is 1.18 bits per heavy atom. The molecule has 1 amide bonds. The minimum atomic E-state index is -0.267. The van der Waals surface area contributed by atoms with Crippen LogP contribution in [-0.2, 0) is 11.3 Å². The molecule has 1 unspecified atom stereocenters. The first-order valence-electron chi connectivity index (χ1n) is 9.22. The summed E-state index contributed by atoms with van der Waals surface area (Å²) in [6.07, 6.45) is 0. The van der Waals surface area contributed by atoms with E-state index in [-0.39, 0.29) is 24.1 Å². The number of carbonyl (C=O) groups is 1. The molecule has 2 aromatic carbocycles. The second-order valence-corrected chi connectivity index (χ2v) is 6.68. The van der Waals surface area contributed by atoms with Gasteiger partial charge in [-0.3, -0.25) is 9.59 Å². The van der Waals surface area contributed by atoms with Gasteiger partial charge in [0.1, 0.15) is 6.54 Å². The van der Waals surface area contributed by atoms with Gasteiger partial charge in [-0.25, -0.2) is 4.68 Å². The van der Waals surface area contributed by atoms with Crippen LogP contribution >= 0.6 is 0 Å². The zero-order valence-corrected chi connectivity index (χ0v) is 16.2. The Morgan fingerprint density at radius 2 is 1.82 bits per heavy atom. The summed E-state index contributed by atoms with van der Waals surface area (Å²) in [7, 11) is 0. The maximum atomic E-state index is 13.0. The van der Waals surface area contributed by atoms with Crippen LogP contribution in [0.3, 0.4) is 0 Å². The minimum absolute atomic E-state index is 0.112. The number of hydrogen-bond donors (Lipinski definition) is 0. The number of fused-ring (bicyclic) bond motifs is 1. The lowest BCUT2D eigenvalue weighted by Gasteiger charge is -2.28. The number of aryl methyl sites for hydroxylation is 1. The molecule has 0 N–H and O–H groups in total. The van der Waals surface area contributed by atoms with E-state index in [0.717, 1.165) is 10.9 Å². The number of carbonyl (C=O) groups excluding carboxylic acids is 1. The standard InChI is InChI=1S/C22H22N4O2/c1-4-25(16(3)18-11-9-17(13-23)10-12-18)21(27)14-26-22(28)20-8-6-5-7-19(20)15(2)24-26/h5-12,16H,4,14H2,1-3H3. The van der Waals surface area contributed by atoms with Crippen LogP contribution in [0, 0.1) is 18.3 Å². The third-order valence-corrected chi connectivity index (χ3v) is 4.99. The number of rotatable bonds is 5. The SMILES string of the molecule is CCN(C(=O)Cn1nc(C)c2ccccc2c1=O)C(C)c1ccc(C#N)cc1. The van der Waals surface area contributed by atoms with Gasteiger partial charge in [0, 0.05) is 11.9 Å². The fourth-order valence-electron chi connectivity index (χ4n) is 3.41. The lowest BCUT2D eigenvalue weighted by Crippen LogP contribution is -2.39. The van der Waals surface area contributed by atoms with E-state index in [4.69, 9.17) is 5.26 Å². The van der Waals surface area contributed by atoms with Crippen LogP contribution in [0.2, 0.25) is 0 Å². The number of benzene rings is 2. The Morgan fingerprint density at radius 3 is 2.43 bits per heavy atom. The molecule has 3 rings (SSSR count). The highest BCUT2D eigenvalue weighted by Crippen LogP contribution is 2.21. The number of hydrogen-bond acceptors (Lipinski definition) is 4. The molecule has 0 aliphatic carbocycles. The molecule has 1 atom stereocenters. The van der Waals surface area contributed by atoms with Gasteiger partial charge in [-0.05, 0) is 44.5 Å². The Balaban J connectivity index is 1.88. The molecule has 6 nitrogen and oxygen atoms in total. The van der Waals surface area contributed by atoms with Crippen molar-refractivity contribution in [3.05, 3.63) is 75.7 Å². The molecule has 0 aliphatic rings. The molecular formula is C22H22N4O2. The van der Waals surface area contributed by atoms with Crippen molar-refractivity contribution < 1.29 is 4.79 Å². The molecular weight excluding hydrogens is 352 g/mol. The van der Waals surface area contributed by atoms with Gasteiger partial charge in [0.2, 0.25) is 5.91 Å². The highest BCUT2D eigenvalue weighted by molar-refractivity contribution is 5.83. The summed E-state index contributed by atoms with van der Waals surface area (Å²) in [5.74, 6) is -0.177. The zero-order valence-electron chi connectivity index (χ0n) is 16.2. The minimum Gasteiger partial charge on any atom is -0.335 e. The molecule has 0 spiro atoms. The maximum absolute atomic E-state index is 13.0. The van der Waals surface area contributed by atoms with Crippen molar-refractivity contribution in [3.63, 3.8) is 0 Å². The van der Waals surface area contributed by atoms with Gasteiger partial charge in [0.05, 0.1) is 28.8 Å². The van der Waals surface area contributed by atoms with Gasteiger partial charge in [0.25, 0.3) is 5.56 Å². The van der Waals surface area contributed by atoms with Crippen LogP contribution in [0.4, 0.5) is 0 Å². The van der Waals surface area contributed by atoms with Crippen LogP contribution in [0.15, 0.2) is 53.3 Å². The Kier molecular flexibility index (Phi) is 5.55. The van der Waals surface area contributed by atoms with Crippen LogP contribution < -0.4 is 5.56 Å². The van der Waals surface area contributed by atoms with E-state index in [1.807, 2.05) is 45.0 Å². The molecule has 0 bridgehead atoms. The largest absolute Gasteiger partial charge is 0.335 e. The van der Waals surface area contributed by atoms with Crippen molar-refractivity contribution in [2.24, 2.45) is 0 Å². The molecule has 6 heteroatoms. The number of aromatic nitrogens is 2. The first-order valence-corrected chi connectivity index (χ1v) is 9.22. The quantitative estimate of drug-likeness (QED) is 0.687. The molecule has 3 aromatic rings. The molecule has 1 aromatic heterocycles.